The molecule has 0 unspecified atom stereocenters. The van der Waals surface area contributed by atoms with E-state index in [9.17, 15) is 4.79 Å². The van der Waals surface area contributed by atoms with Crippen molar-refractivity contribution in [2.45, 2.75) is 59.8 Å². The van der Waals surface area contributed by atoms with Crippen LogP contribution < -0.4 is 5.32 Å². The Morgan fingerprint density at radius 1 is 1.33 bits per heavy atom. The molecule has 0 aromatic heterocycles. The first-order valence-corrected chi connectivity index (χ1v) is 8.28. The first-order chi connectivity index (χ1) is 8.31. The largest absolute Gasteiger partial charge is 0.355 e. The highest BCUT2D eigenvalue weighted by atomic mass is 79.9. The second-order valence-corrected chi connectivity index (χ2v) is 7.63. The van der Waals surface area contributed by atoms with Crippen LogP contribution in [-0.4, -0.2) is 17.8 Å². The fourth-order valence-corrected chi connectivity index (χ4v) is 3.11. The van der Waals surface area contributed by atoms with Gasteiger partial charge in [0.15, 0.2) is 0 Å². The lowest BCUT2D eigenvalue weighted by Crippen LogP contribution is -2.44. The van der Waals surface area contributed by atoms with Crippen LogP contribution in [0.3, 0.4) is 0 Å². The standard InChI is InChI=1S/C15H28BrNO/c1-12(2)9-15(7-5-6-8-15)13(18)17-11-14(3,4)10-16/h12H,5-11H2,1-4H3,(H,17,18). The fraction of sp³-hybridized carbons (Fsp3) is 0.933. The van der Waals surface area contributed by atoms with Crippen LogP contribution in [0, 0.1) is 16.7 Å². The molecule has 1 aliphatic rings. The van der Waals surface area contributed by atoms with Gasteiger partial charge in [-0.05, 0) is 30.6 Å². The summed E-state index contributed by atoms with van der Waals surface area (Å²) in [7, 11) is 0. The van der Waals surface area contributed by atoms with E-state index >= 15 is 0 Å². The molecule has 0 aliphatic heterocycles. The average Bonchev–Trinajstić information content (AvgIpc) is 2.75. The normalized spacial score (nSPS) is 19.2. The lowest BCUT2D eigenvalue weighted by Gasteiger charge is -2.31. The number of rotatable bonds is 6. The average molecular weight is 318 g/mol. The van der Waals surface area contributed by atoms with Gasteiger partial charge in [-0.25, -0.2) is 0 Å². The highest BCUT2D eigenvalue weighted by Gasteiger charge is 2.41. The van der Waals surface area contributed by atoms with Crippen molar-refractivity contribution in [1.82, 2.24) is 5.32 Å². The van der Waals surface area contributed by atoms with Gasteiger partial charge >= 0.3 is 0 Å². The summed E-state index contributed by atoms with van der Waals surface area (Å²) in [6.07, 6.45) is 5.61. The van der Waals surface area contributed by atoms with E-state index in [1.807, 2.05) is 0 Å². The SMILES string of the molecule is CC(C)CC1(C(=O)NCC(C)(C)CBr)CCCC1. The van der Waals surface area contributed by atoms with Crippen LogP contribution in [0.4, 0.5) is 0 Å². The molecule has 0 atom stereocenters. The number of carbonyl (C=O) groups is 1. The molecule has 0 bridgehead atoms. The Balaban J connectivity index is 2.61. The maximum absolute atomic E-state index is 12.5. The Hall–Kier alpha value is -0.0500. The second-order valence-electron chi connectivity index (χ2n) is 7.07. The molecule has 1 fully saturated rings. The maximum atomic E-state index is 12.5. The van der Waals surface area contributed by atoms with Gasteiger partial charge in [0.05, 0.1) is 0 Å². The number of alkyl halides is 1. The Bertz CT molecular complexity index is 280. The molecular weight excluding hydrogens is 290 g/mol. The second kappa shape index (κ2) is 6.40. The zero-order valence-electron chi connectivity index (χ0n) is 12.3. The summed E-state index contributed by atoms with van der Waals surface area (Å²) in [6.45, 7) is 9.54. The Morgan fingerprint density at radius 3 is 2.33 bits per heavy atom. The zero-order chi connectivity index (χ0) is 13.8. The number of nitrogens with one attached hydrogen (secondary N) is 1. The third kappa shape index (κ3) is 4.25. The van der Waals surface area contributed by atoms with Crippen molar-refractivity contribution >= 4 is 21.8 Å². The molecule has 1 amide bonds. The van der Waals surface area contributed by atoms with Gasteiger partial charge in [0, 0.05) is 17.3 Å². The highest BCUT2D eigenvalue weighted by molar-refractivity contribution is 9.09. The molecule has 0 aromatic carbocycles. The van der Waals surface area contributed by atoms with Gasteiger partial charge in [-0.1, -0.05) is 56.5 Å². The number of hydrogen-bond donors (Lipinski definition) is 1. The molecule has 0 saturated heterocycles. The van der Waals surface area contributed by atoms with Crippen LogP contribution in [0.15, 0.2) is 0 Å². The minimum absolute atomic E-state index is 0.0729. The molecule has 18 heavy (non-hydrogen) atoms. The topological polar surface area (TPSA) is 29.1 Å². The molecule has 1 N–H and O–H groups in total. The lowest BCUT2D eigenvalue weighted by molar-refractivity contribution is -0.132. The van der Waals surface area contributed by atoms with Gasteiger partial charge in [-0.15, -0.1) is 0 Å². The molecule has 3 heteroatoms. The van der Waals surface area contributed by atoms with E-state index in [-0.39, 0.29) is 10.8 Å². The van der Waals surface area contributed by atoms with Crippen molar-refractivity contribution < 1.29 is 4.79 Å². The summed E-state index contributed by atoms with van der Waals surface area (Å²) in [5.41, 5.74) is 0.0594. The summed E-state index contributed by atoms with van der Waals surface area (Å²) in [5, 5.41) is 4.11. The molecule has 0 spiro atoms. The van der Waals surface area contributed by atoms with Gasteiger partial charge in [-0.2, -0.15) is 0 Å². The van der Waals surface area contributed by atoms with E-state index in [0.717, 1.165) is 31.1 Å². The first-order valence-electron chi connectivity index (χ1n) is 7.16. The van der Waals surface area contributed by atoms with Crippen LogP contribution in [0.5, 0.6) is 0 Å². The van der Waals surface area contributed by atoms with Crippen molar-refractivity contribution in [3.05, 3.63) is 0 Å². The Morgan fingerprint density at radius 2 is 1.89 bits per heavy atom. The van der Waals surface area contributed by atoms with Crippen molar-refractivity contribution in [2.24, 2.45) is 16.7 Å². The number of carbonyl (C=O) groups excluding carboxylic acids is 1. The van der Waals surface area contributed by atoms with Crippen molar-refractivity contribution in [3.63, 3.8) is 0 Å². The van der Waals surface area contributed by atoms with Gasteiger partial charge in [0.2, 0.25) is 5.91 Å². The van der Waals surface area contributed by atoms with Crippen LogP contribution in [0.25, 0.3) is 0 Å². The van der Waals surface area contributed by atoms with E-state index in [0.29, 0.717) is 11.8 Å². The fourth-order valence-electron chi connectivity index (χ4n) is 2.91. The summed E-state index contributed by atoms with van der Waals surface area (Å²) in [5.74, 6) is 0.890. The quantitative estimate of drug-likeness (QED) is 0.733. The number of hydrogen-bond acceptors (Lipinski definition) is 1. The summed E-state index contributed by atoms with van der Waals surface area (Å²) < 4.78 is 0. The predicted octanol–water partition coefficient (Wildman–Crippen LogP) is 4.13. The molecule has 0 radical (unpaired) electrons. The van der Waals surface area contributed by atoms with Gasteiger partial charge < -0.3 is 5.32 Å². The minimum Gasteiger partial charge on any atom is -0.355 e. The summed E-state index contributed by atoms with van der Waals surface area (Å²) in [6, 6.07) is 0. The molecule has 1 rings (SSSR count). The van der Waals surface area contributed by atoms with E-state index in [2.05, 4.69) is 48.9 Å². The molecule has 1 aliphatic carbocycles. The van der Waals surface area contributed by atoms with Crippen molar-refractivity contribution in [3.8, 4) is 0 Å². The van der Waals surface area contributed by atoms with Gasteiger partial charge in [-0.3, -0.25) is 4.79 Å². The van der Waals surface area contributed by atoms with Crippen LogP contribution in [0.2, 0.25) is 0 Å². The third-order valence-corrected chi connectivity index (χ3v) is 5.45. The molecule has 0 aromatic rings. The molecule has 0 heterocycles. The van der Waals surface area contributed by atoms with Crippen LogP contribution in [0.1, 0.15) is 59.8 Å². The van der Waals surface area contributed by atoms with Crippen molar-refractivity contribution in [1.29, 1.82) is 0 Å². The van der Waals surface area contributed by atoms with E-state index in [1.54, 1.807) is 0 Å². The summed E-state index contributed by atoms with van der Waals surface area (Å²) >= 11 is 3.51. The number of amides is 1. The third-order valence-electron chi connectivity index (χ3n) is 3.93. The van der Waals surface area contributed by atoms with E-state index in [4.69, 9.17) is 0 Å². The molecular formula is C15H28BrNO. The zero-order valence-corrected chi connectivity index (χ0v) is 13.9. The van der Waals surface area contributed by atoms with Crippen LogP contribution >= 0.6 is 15.9 Å². The van der Waals surface area contributed by atoms with Crippen molar-refractivity contribution in [2.75, 3.05) is 11.9 Å². The smallest absolute Gasteiger partial charge is 0.226 e. The predicted molar refractivity (Wildman–Crippen MR) is 80.9 cm³/mol. The van der Waals surface area contributed by atoms with Gasteiger partial charge in [0.1, 0.15) is 0 Å². The van der Waals surface area contributed by atoms with Crippen LogP contribution in [-0.2, 0) is 4.79 Å². The minimum atomic E-state index is -0.0729. The maximum Gasteiger partial charge on any atom is 0.226 e. The Kier molecular flexibility index (Phi) is 5.69. The van der Waals surface area contributed by atoms with E-state index in [1.165, 1.54) is 12.8 Å². The molecule has 1 saturated carbocycles. The summed E-state index contributed by atoms with van der Waals surface area (Å²) in [4.78, 5) is 12.5. The highest BCUT2D eigenvalue weighted by Crippen LogP contribution is 2.43. The Labute approximate surface area is 120 Å². The lowest BCUT2D eigenvalue weighted by atomic mass is 9.77. The number of halogens is 1. The molecule has 106 valence electrons. The van der Waals surface area contributed by atoms with E-state index < -0.39 is 0 Å². The monoisotopic (exact) mass is 317 g/mol. The van der Waals surface area contributed by atoms with Gasteiger partial charge in [0.25, 0.3) is 0 Å². The molecule has 2 nitrogen and oxygen atoms in total. The first kappa shape index (κ1) is 16.0.